The van der Waals surface area contributed by atoms with Gasteiger partial charge in [-0.25, -0.2) is 4.98 Å². The average Bonchev–Trinajstić information content (AvgIpc) is 3.51. The highest BCUT2D eigenvalue weighted by Gasteiger charge is 2.27. The van der Waals surface area contributed by atoms with Crippen molar-refractivity contribution in [1.29, 1.82) is 0 Å². The minimum atomic E-state index is 0.463. The van der Waals surface area contributed by atoms with Crippen molar-refractivity contribution in [1.82, 2.24) is 9.97 Å². The monoisotopic (exact) mass is 337 g/mol. The van der Waals surface area contributed by atoms with Crippen LogP contribution in [0.15, 0.2) is 35.1 Å². The van der Waals surface area contributed by atoms with Crippen molar-refractivity contribution in [2.24, 2.45) is 16.6 Å². The number of ether oxygens (including phenoxy) is 1. The van der Waals surface area contributed by atoms with E-state index in [0.29, 0.717) is 5.92 Å². The molecule has 0 amide bonds. The number of hydrogen-bond donors (Lipinski definition) is 1. The van der Waals surface area contributed by atoms with Crippen LogP contribution in [0.1, 0.15) is 18.5 Å². The Hall–Kier alpha value is -2.47. The maximum Gasteiger partial charge on any atom is 0.0925 e. The molecule has 25 heavy (non-hydrogen) atoms. The van der Waals surface area contributed by atoms with E-state index in [1.54, 1.807) is 19.5 Å². The molecule has 0 spiro atoms. The summed E-state index contributed by atoms with van der Waals surface area (Å²) in [7, 11) is 1.76. The van der Waals surface area contributed by atoms with Crippen molar-refractivity contribution in [2.45, 2.75) is 12.8 Å². The van der Waals surface area contributed by atoms with Gasteiger partial charge in [0.25, 0.3) is 0 Å². The van der Waals surface area contributed by atoms with Gasteiger partial charge in [-0.2, -0.15) is 0 Å². The van der Waals surface area contributed by atoms with Crippen LogP contribution in [0.4, 0.5) is 5.69 Å². The van der Waals surface area contributed by atoms with Crippen molar-refractivity contribution >= 4 is 28.5 Å². The van der Waals surface area contributed by atoms with Crippen molar-refractivity contribution < 1.29 is 4.74 Å². The van der Waals surface area contributed by atoms with Crippen molar-refractivity contribution in [2.75, 3.05) is 38.3 Å². The van der Waals surface area contributed by atoms with E-state index in [1.807, 2.05) is 6.07 Å². The van der Waals surface area contributed by atoms with Gasteiger partial charge in [0.05, 0.1) is 36.1 Å². The quantitative estimate of drug-likeness (QED) is 0.866. The molecule has 6 heteroatoms. The lowest BCUT2D eigenvalue weighted by atomic mass is 10.1. The standard InChI is InChI=1S/C19H23N5O/c1-21-11-15(19(20)13-2-3-13)18-12-22-16-5-4-14(10-17(16)23-18)24-6-8-25-9-7-24/h4-5,10-13H,2-3,6-9,20H2,1H3. The summed E-state index contributed by atoms with van der Waals surface area (Å²) in [6.07, 6.45) is 5.89. The molecule has 1 aliphatic heterocycles. The van der Waals surface area contributed by atoms with Gasteiger partial charge >= 0.3 is 0 Å². The molecular weight excluding hydrogens is 314 g/mol. The Morgan fingerprint density at radius 3 is 2.80 bits per heavy atom. The molecule has 1 aromatic carbocycles. The van der Waals surface area contributed by atoms with Gasteiger partial charge < -0.3 is 15.4 Å². The van der Waals surface area contributed by atoms with E-state index in [0.717, 1.165) is 72.8 Å². The van der Waals surface area contributed by atoms with Crippen LogP contribution in [-0.4, -0.2) is 49.5 Å². The Morgan fingerprint density at radius 1 is 1.28 bits per heavy atom. The summed E-state index contributed by atoms with van der Waals surface area (Å²) in [5, 5.41) is 0. The Bertz CT molecular complexity index is 835. The smallest absolute Gasteiger partial charge is 0.0925 e. The maximum atomic E-state index is 6.33. The number of hydrogen-bond acceptors (Lipinski definition) is 6. The zero-order valence-corrected chi connectivity index (χ0v) is 14.5. The van der Waals surface area contributed by atoms with Crippen LogP contribution >= 0.6 is 0 Å². The average molecular weight is 337 g/mol. The molecule has 1 saturated carbocycles. The van der Waals surface area contributed by atoms with Crippen LogP contribution in [0.5, 0.6) is 0 Å². The molecule has 0 atom stereocenters. The number of rotatable bonds is 4. The second kappa shape index (κ2) is 6.80. The normalized spacial score (nSPS) is 19.5. The lowest BCUT2D eigenvalue weighted by Gasteiger charge is -2.28. The van der Waals surface area contributed by atoms with Gasteiger partial charge in [-0.1, -0.05) is 0 Å². The Morgan fingerprint density at radius 2 is 2.08 bits per heavy atom. The molecule has 2 heterocycles. The molecule has 0 bridgehead atoms. The minimum absolute atomic E-state index is 0.463. The summed E-state index contributed by atoms with van der Waals surface area (Å²) in [4.78, 5) is 15.9. The number of allylic oxidation sites excluding steroid dienone is 2. The van der Waals surface area contributed by atoms with Crippen molar-refractivity contribution in [3.8, 4) is 0 Å². The van der Waals surface area contributed by atoms with E-state index in [9.17, 15) is 0 Å². The Labute approximate surface area is 147 Å². The molecule has 2 fully saturated rings. The summed E-state index contributed by atoms with van der Waals surface area (Å²) in [5.41, 5.74) is 11.8. The van der Waals surface area contributed by atoms with E-state index >= 15 is 0 Å². The SMILES string of the molecule is CN=CC(=C(N)C1CC1)c1cnc2ccc(N3CCOCC3)cc2n1. The largest absolute Gasteiger partial charge is 0.401 e. The fourth-order valence-corrected chi connectivity index (χ4v) is 3.18. The number of anilines is 1. The fraction of sp³-hybridized carbons (Fsp3) is 0.421. The zero-order chi connectivity index (χ0) is 17.2. The molecule has 0 unspecified atom stereocenters. The van der Waals surface area contributed by atoms with Crippen LogP contribution in [0.25, 0.3) is 16.6 Å². The number of aliphatic imine (C=N–C) groups is 1. The topological polar surface area (TPSA) is 76.6 Å². The first kappa shape index (κ1) is 16.0. The molecule has 1 aliphatic carbocycles. The van der Waals surface area contributed by atoms with Gasteiger partial charge in [0.2, 0.25) is 0 Å². The lowest BCUT2D eigenvalue weighted by Crippen LogP contribution is -2.36. The third-order valence-corrected chi connectivity index (χ3v) is 4.76. The highest BCUT2D eigenvalue weighted by Crippen LogP contribution is 2.36. The van der Waals surface area contributed by atoms with Crippen LogP contribution in [-0.2, 0) is 4.74 Å². The summed E-state index contributed by atoms with van der Waals surface area (Å²) in [6.45, 7) is 3.34. The van der Waals surface area contributed by atoms with Gasteiger partial charge in [0.1, 0.15) is 0 Å². The van der Waals surface area contributed by atoms with E-state index in [-0.39, 0.29) is 0 Å². The zero-order valence-electron chi connectivity index (χ0n) is 14.5. The van der Waals surface area contributed by atoms with Crippen LogP contribution < -0.4 is 10.6 Å². The predicted molar refractivity (Wildman–Crippen MR) is 101 cm³/mol. The summed E-state index contributed by atoms with van der Waals surface area (Å²) in [5.74, 6) is 0.463. The van der Waals surface area contributed by atoms with Gasteiger partial charge in [0.15, 0.2) is 0 Å². The Balaban J connectivity index is 1.73. The van der Waals surface area contributed by atoms with Gasteiger partial charge in [-0.3, -0.25) is 9.98 Å². The molecule has 4 rings (SSSR count). The molecule has 1 saturated heterocycles. The highest BCUT2D eigenvalue weighted by molar-refractivity contribution is 6.10. The van der Waals surface area contributed by atoms with E-state index in [1.165, 1.54) is 0 Å². The van der Waals surface area contributed by atoms with Crippen LogP contribution in [0, 0.1) is 5.92 Å². The van der Waals surface area contributed by atoms with E-state index in [2.05, 4.69) is 27.0 Å². The molecule has 2 N–H and O–H groups in total. The predicted octanol–water partition coefficient (Wildman–Crippen LogP) is 2.25. The third kappa shape index (κ3) is 3.35. The first-order valence-corrected chi connectivity index (χ1v) is 8.78. The number of benzene rings is 1. The summed E-state index contributed by atoms with van der Waals surface area (Å²) < 4.78 is 5.44. The van der Waals surface area contributed by atoms with Crippen molar-refractivity contribution in [3.05, 3.63) is 35.8 Å². The van der Waals surface area contributed by atoms with Crippen LogP contribution in [0.3, 0.4) is 0 Å². The number of nitrogens with zero attached hydrogens (tertiary/aromatic N) is 4. The first-order chi connectivity index (χ1) is 12.3. The van der Waals surface area contributed by atoms with Crippen molar-refractivity contribution in [3.63, 3.8) is 0 Å². The van der Waals surface area contributed by atoms with Gasteiger partial charge in [-0.15, -0.1) is 0 Å². The summed E-state index contributed by atoms with van der Waals surface area (Å²) >= 11 is 0. The highest BCUT2D eigenvalue weighted by atomic mass is 16.5. The molecule has 0 radical (unpaired) electrons. The molecule has 1 aromatic heterocycles. The Kier molecular flexibility index (Phi) is 4.36. The molecule has 130 valence electrons. The summed E-state index contributed by atoms with van der Waals surface area (Å²) in [6, 6.07) is 6.23. The van der Waals surface area contributed by atoms with E-state index < -0.39 is 0 Å². The molecule has 2 aliphatic rings. The first-order valence-electron chi connectivity index (χ1n) is 8.78. The number of morpholine rings is 1. The molecular formula is C19H23N5O. The molecule has 2 aromatic rings. The van der Waals surface area contributed by atoms with Gasteiger partial charge in [-0.05, 0) is 37.0 Å². The second-order valence-electron chi connectivity index (χ2n) is 6.56. The third-order valence-electron chi connectivity index (χ3n) is 4.76. The maximum absolute atomic E-state index is 6.33. The lowest BCUT2D eigenvalue weighted by molar-refractivity contribution is 0.122. The van der Waals surface area contributed by atoms with E-state index in [4.69, 9.17) is 15.5 Å². The number of aromatic nitrogens is 2. The second-order valence-corrected chi connectivity index (χ2v) is 6.56. The fourth-order valence-electron chi connectivity index (χ4n) is 3.18. The number of nitrogens with two attached hydrogens (primary N) is 1. The minimum Gasteiger partial charge on any atom is -0.401 e. The molecule has 6 nitrogen and oxygen atoms in total. The van der Waals surface area contributed by atoms with Gasteiger partial charge in [0, 0.05) is 43.3 Å². The number of fused-ring (bicyclic) bond motifs is 1. The van der Waals surface area contributed by atoms with Crippen LogP contribution in [0.2, 0.25) is 0 Å².